The highest BCUT2D eigenvalue weighted by molar-refractivity contribution is 7.57. The van der Waals surface area contributed by atoms with Crippen molar-refractivity contribution in [2.24, 2.45) is 0 Å². The molecule has 4 heteroatoms. The molecule has 1 aromatic rings. The number of hydrogen-bond donors (Lipinski definition) is 0. The van der Waals surface area contributed by atoms with Gasteiger partial charge in [-0.15, -0.1) is 0 Å². The highest BCUT2D eigenvalue weighted by atomic mass is 31.2. The third kappa shape index (κ3) is 7.04. The lowest BCUT2D eigenvalue weighted by atomic mass is 10.2. The summed E-state index contributed by atoms with van der Waals surface area (Å²) in [4.78, 5) is 0. The fourth-order valence-corrected chi connectivity index (χ4v) is 2.91. The van der Waals surface area contributed by atoms with Gasteiger partial charge in [0.05, 0.1) is 13.2 Å². The fourth-order valence-electron chi connectivity index (χ4n) is 1.54. The molecule has 0 radical (unpaired) electrons. The van der Waals surface area contributed by atoms with Crippen molar-refractivity contribution >= 4 is 13.7 Å². The Hall–Kier alpha value is -0.890. The van der Waals surface area contributed by atoms with Gasteiger partial charge >= 0.3 is 7.60 Å². The van der Waals surface area contributed by atoms with E-state index in [0.717, 1.165) is 31.2 Å². The molecule has 0 aliphatic heterocycles. The predicted molar refractivity (Wildman–Crippen MR) is 84.8 cm³/mol. The lowest BCUT2D eigenvalue weighted by Gasteiger charge is -2.15. The second-order valence-electron chi connectivity index (χ2n) is 4.64. The Morgan fingerprint density at radius 3 is 2.05 bits per heavy atom. The summed E-state index contributed by atoms with van der Waals surface area (Å²) in [5, 5.41) is 0. The number of benzene rings is 1. The van der Waals surface area contributed by atoms with E-state index < -0.39 is 7.60 Å². The number of hydrogen-bond acceptors (Lipinski definition) is 3. The van der Waals surface area contributed by atoms with Crippen molar-refractivity contribution in [1.82, 2.24) is 0 Å². The Morgan fingerprint density at radius 2 is 1.55 bits per heavy atom. The van der Waals surface area contributed by atoms with Crippen LogP contribution in [0, 0.1) is 0 Å². The molecule has 20 heavy (non-hydrogen) atoms. The average Bonchev–Trinajstić information content (AvgIpc) is 2.47. The Morgan fingerprint density at radius 1 is 1.00 bits per heavy atom. The van der Waals surface area contributed by atoms with Crippen molar-refractivity contribution in [3.05, 3.63) is 41.7 Å². The largest absolute Gasteiger partial charge is 0.354 e. The summed E-state index contributed by atoms with van der Waals surface area (Å²) in [5.74, 6) is 1.58. The van der Waals surface area contributed by atoms with Gasteiger partial charge in [-0.25, -0.2) is 0 Å². The first-order valence-corrected chi connectivity index (χ1v) is 8.94. The summed E-state index contributed by atoms with van der Waals surface area (Å²) in [6.07, 6.45) is 5.61. The molecule has 0 spiro atoms. The minimum Gasteiger partial charge on any atom is -0.306 e. The van der Waals surface area contributed by atoms with E-state index >= 15 is 0 Å². The van der Waals surface area contributed by atoms with Gasteiger partial charge in [0.15, 0.2) is 0 Å². The standard InChI is InChI=1S/C16H25O3P/c1-3-5-13-18-20(17,19-14-6-4-2)15-12-16-10-8-7-9-11-16/h7-12,15H,3-6,13-14H2,1-2H3. The molecule has 0 unspecified atom stereocenters. The third-order valence-corrected chi connectivity index (χ3v) is 4.39. The first kappa shape index (κ1) is 17.2. The molecule has 0 aliphatic rings. The molecule has 0 bridgehead atoms. The van der Waals surface area contributed by atoms with Crippen molar-refractivity contribution in [1.29, 1.82) is 0 Å². The second-order valence-corrected chi connectivity index (χ2v) is 6.53. The minimum atomic E-state index is -3.12. The molecule has 0 amide bonds. The van der Waals surface area contributed by atoms with Gasteiger partial charge < -0.3 is 9.05 Å². The van der Waals surface area contributed by atoms with E-state index in [1.165, 1.54) is 0 Å². The topological polar surface area (TPSA) is 35.5 Å². The average molecular weight is 296 g/mol. The van der Waals surface area contributed by atoms with Crippen LogP contribution in [0.1, 0.15) is 45.1 Å². The Labute approximate surface area is 122 Å². The van der Waals surface area contributed by atoms with Gasteiger partial charge in [0.1, 0.15) is 0 Å². The highest BCUT2D eigenvalue weighted by Crippen LogP contribution is 2.50. The molecule has 0 saturated carbocycles. The molecule has 0 heterocycles. The van der Waals surface area contributed by atoms with Crippen LogP contribution in [0.4, 0.5) is 0 Å². The van der Waals surface area contributed by atoms with Crippen molar-refractivity contribution in [3.63, 3.8) is 0 Å². The Balaban J connectivity index is 2.65. The maximum absolute atomic E-state index is 12.6. The molecule has 0 N–H and O–H groups in total. The molecule has 0 saturated heterocycles. The first-order chi connectivity index (χ1) is 9.70. The van der Waals surface area contributed by atoms with Crippen LogP contribution < -0.4 is 0 Å². The molecule has 3 nitrogen and oxygen atoms in total. The van der Waals surface area contributed by atoms with Crippen LogP contribution in [0.15, 0.2) is 36.1 Å². The molecule has 1 rings (SSSR count). The van der Waals surface area contributed by atoms with Crippen LogP contribution in [0.5, 0.6) is 0 Å². The molecule has 0 aliphatic carbocycles. The predicted octanol–water partition coefficient (Wildman–Crippen LogP) is 5.48. The van der Waals surface area contributed by atoms with Gasteiger partial charge in [0.25, 0.3) is 0 Å². The monoisotopic (exact) mass is 296 g/mol. The van der Waals surface area contributed by atoms with Crippen molar-refractivity contribution in [2.75, 3.05) is 13.2 Å². The SMILES string of the molecule is CCCCOP(=O)(C=Cc1ccccc1)OCCCC. The van der Waals surface area contributed by atoms with Gasteiger partial charge in [0, 0.05) is 5.82 Å². The summed E-state index contributed by atoms with van der Waals surface area (Å²) in [6, 6.07) is 9.76. The van der Waals surface area contributed by atoms with E-state index in [0.29, 0.717) is 13.2 Å². The van der Waals surface area contributed by atoms with Crippen LogP contribution in [0.2, 0.25) is 0 Å². The van der Waals surface area contributed by atoms with E-state index in [1.807, 2.05) is 30.3 Å². The Bertz CT molecular complexity index is 415. The zero-order valence-electron chi connectivity index (χ0n) is 12.5. The second kappa shape index (κ2) is 9.93. The lowest BCUT2D eigenvalue weighted by Crippen LogP contribution is -1.97. The van der Waals surface area contributed by atoms with Crippen molar-refractivity contribution in [2.45, 2.75) is 39.5 Å². The minimum absolute atomic E-state index is 0.471. The van der Waals surface area contributed by atoms with E-state index in [-0.39, 0.29) is 0 Å². The first-order valence-electron chi connectivity index (χ1n) is 7.33. The molecule has 0 aromatic heterocycles. The Kier molecular flexibility index (Phi) is 8.52. The smallest absolute Gasteiger partial charge is 0.306 e. The number of rotatable bonds is 10. The molecule has 0 fully saturated rings. The van der Waals surface area contributed by atoms with Crippen LogP contribution in [-0.4, -0.2) is 13.2 Å². The van der Waals surface area contributed by atoms with Gasteiger partial charge in [-0.05, 0) is 24.5 Å². The fraction of sp³-hybridized carbons (Fsp3) is 0.500. The van der Waals surface area contributed by atoms with Crippen molar-refractivity contribution in [3.8, 4) is 0 Å². The highest BCUT2D eigenvalue weighted by Gasteiger charge is 2.20. The van der Waals surface area contributed by atoms with Gasteiger partial charge in [-0.2, -0.15) is 0 Å². The van der Waals surface area contributed by atoms with E-state index in [4.69, 9.17) is 9.05 Å². The zero-order chi connectivity index (χ0) is 14.7. The van der Waals surface area contributed by atoms with Crippen LogP contribution in [0.25, 0.3) is 6.08 Å². The van der Waals surface area contributed by atoms with Gasteiger partial charge in [-0.3, -0.25) is 4.57 Å². The lowest BCUT2D eigenvalue weighted by molar-refractivity contribution is 0.208. The van der Waals surface area contributed by atoms with Crippen molar-refractivity contribution < 1.29 is 13.6 Å². The van der Waals surface area contributed by atoms with Crippen LogP contribution >= 0.6 is 7.60 Å². The van der Waals surface area contributed by atoms with Gasteiger partial charge in [-0.1, -0.05) is 57.0 Å². The zero-order valence-corrected chi connectivity index (χ0v) is 13.4. The van der Waals surface area contributed by atoms with Crippen LogP contribution in [-0.2, 0) is 13.6 Å². The molecule has 1 aromatic carbocycles. The third-order valence-electron chi connectivity index (χ3n) is 2.79. The molecular formula is C16H25O3P. The summed E-state index contributed by atoms with van der Waals surface area (Å²) in [5.41, 5.74) is 0.992. The summed E-state index contributed by atoms with van der Waals surface area (Å²) in [7, 11) is -3.12. The summed E-state index contributed by atoms with van der Waals surface area (Å²) < 4.78 is 23.6. The quantitative estimate of drug-likeness (QED) is 0.423. The van der Waals surface area contributed by atoms with E-state index in [9.17, 15) is 4.57 Å². The number of unbranched alkanes of at least 4 members (excludes halogenated alkanes) is 2. The summed E-state index contributed by atoms with van der Waals surface area (Å²) in [6.45, 7) is 5.09. The molecule has 0 atom stereocenters. The molecule has 112 valence electrons. The normalized spacial score (nSPS) is 12.1. The van der Waals surface area contributed by atoms with Gasteiger partial charge in [0.2, 0.25) is 0 Å². The maximum atomic E-state index is 12.6. The van der Waals surface area contributed by atoms with E-state index in [1.54, 1.807) is 11.9 Å². The van der Waals surface area contributed by atoms with E-state index in [2.05, 4.69) is 13.8 Å². The maximum Gasteiger partial charge on any atom is 0.354 e. The van der Waals surface area contributed by atoms with Crippen LogP contribution in [0.3, 0.4) is 0 Å². The summed E-state index contributed by atoms with van der Waals surface area (Å²) >= 11 is 0. The molecular weight excluding hydrogens is 271 g/mol.